The van der Waals surface area contributed by atoms with Crippen molar-refractivity contribution < 1.29 is 24.2 Å². The topological polar surface area (TPSA) is 137 Å². The number of nitrogen functional groups attached to an aromatic ring is 1. The molecule has 0 bridgehead atoms. The number of amides is 3. The quantitative estimate of drug-likeness (QED) is 0.112. The van der Waals surface area contributed by atoms with Crippen molar-refractivity contribution in [3.05, 3.63) is 81.8 Å². The van der Waals surface area contributed by atoms with E-state index in [4.69, 9.17) is 33.7 Å². The standard InChI is InChI=1S/C37H47Cl2N5O5/c1-24-20-44(25(2)23-45)37(48)19-27-18-28(41-35(46)11-5-4-6-12-36(47)42-32-10-8-7-9-31(32)40)14-16-33(27)49-34(24)22-43(3)21-26-13-15-29(38)30(39)17-26/h7-10,13-18,24-25,34,45H,4-6,11-12,19-23,40H2,1-3H3,(H,41,46)(H,42,47)/t24-,25-,34-/m1/s1. The van der Waals surface area contributed by atoms with Crippen LogP contribution >= 0.6 is 23.2 Å². The lowest BCUT2D eigenvalue weighted by Gasteiger charge is -2.34. The van der Waals surface area contributed by atoms with E-state index in [0.29, 0.717) is 83.7 Å². The van der Waals surface area contributed by atoms with Crippen LogP contribution in [0.1, 0.15) is 57.1 Å². The fourth-order valence-corrected chi connectivity index (χ4v) is 6.16. The summed E-state index contributed by atoms with van der Waals surface area (Å²) >= 11 is 12.3. The van der Waals surface area contributed by atoms with E-state index in [2.05, 4.69) is 15.5 Å². The predicted molar refractivity (Wildman–Crippen MR) is 196 cm³/mol. The first kappa shape index (κ1) is 38.0. The van der Waals surface area contributed by atoms with Crippen LogP contribution in [0.3, 0.4) is 0 Å². The van der Waals surface area contributed by atoms with Crippen molar-refractivity contribution in [1.29, 1.82) is 0 Å². The van der Waals surface area contributed by atoms with Crippen LogP contribution in [0.15, 0.2) is 60.7 Å². The maximum Gasteiger partial charge on any atom is 0.227 e. The summed E-state index contributed by atoms with van der Waals surface area (Å²) in [4.78, 5) is 42.5. The maximum absolute atomic E-state index is 13.6. The highest BCUT2D eigenvalue weighted by atomic mass is 35.5. The van der Waals surface area contributed by atoms with Gasteiger partial charge in [0, 0.05) is 49.6 Å². The summed E-state index contributed by atoms with van der Waals surface area (Å²) in [5.41, 5.74) is 9.25. The Labute approximate surface area is 298 Å². The lowest BCUT2D eigenvalue weighted by molar-refractivity contribution is -0.134. The van der Waals surface area contributed by atoms with Crippen LogP contribution in [0.4, 0.5) is 17.1 Å². The Morgan fingerprint density at radius 2 is 1.73 bits per heavy atom. The van der Waals surface area contributed by atoms with Gasteiger partial charge in [-0.25, -0.2) is 0 Å². The zero-order chi connectivity index (χ0) is 35.5. The largest absolute Gasteiger partial charge is 0.488 e. The monoisotopic (exact) mass is 711 g/mol. The van der Waals surface area contributed by atoms with Crippen LogP contribution < -0.4 is 21.1 Å². The van der Waals surface area contributed by atoms with E-state index >= 15 is 0 Å². The number of nitrogens with one attached hydrogen (secondary N) is 2. The highest BCUT2D eigenvalue weighted by Crippen LogP contribution is 2.30. The average molecular weight is 713 g/mol. The van der Waals surface area contributed by atoms with Crippen LogP contribution in [0.25, 0.3) is 0 Å². The molecule has 0 saturated heterocycles. The lowest BCUT2D eigenvalue weighted by Crippen LogP contribution is -2.47. The van der Waals surface area contributed by atoms with Gasteiger partial charge in [0.1, 0.15) is 11.9 Å². The second kappa shape index (κ2) is 18.2. The Hall–Kier alpha value is -3.83. The molecule has 0 aliphatic carbocycles. The van der Waals surface area contributed by atoms with Gasteiger partial charge in [0.2, 0.25) is 17.7 Å². The lowest BCUT2D eigenvalue weighted by atomic mass is 10.0. The number of carbonyl (C=O) groups is 3. The molecular formula is C37H47Cl2N5O5. The molecule has 5 N–H and O–H groups in total. The number of ether oxygens (including phenoxy) is 1. The van der Waals surface area contributed by atoms with Crippen LogP contribution in [-0.4, -0.2) is 71.5 Å². The van der Waals surface area contributed by atoms with Gasteiger partial charge < -0.3 is 31.1 Å². The number of carbonyl (C=O) groups excluding carboxylic acids is 3. The number of likely N-dealkylation sites (N-methyl/N-ethyl adjacent to an activating group) is 1. The molecule has 12 heteroatoms. The third kappa shape index (κ3) is 11.4. The van der Waals surface area contributed by atoms with E-state index in [-0.39, 0.29) is 48.8 Å². The van der Waals surface area contributed by atoms with E-state index in [1.54, 1.807) is 41.3 Å². The van der Waals surface area contributed by atoms with E-state index in [9.17, 15) is 19.5 Å². The SMILES string of the molecule is C[C@@H]1CN([C@H](C)CO)C(=O)Cc2cc(NC(=O)CCCCCC(=O)Nc3ccccc3N)ccc2O[C@@H]1CN(C)Cc1ccc(Cl)c(Cl)c1. The number of halogens is 2. The van der Waals surface area contributed by atoms with E-state index in [1.165, 1.54) is 0 Å². The molecule has 10 nitrogen and oxygen atoms in total. The molecule has 3 aromatic rings. The van der Waals surface area contributed by atoms with Crippen LogP contribution in [0.2, 0.25) is 10.0 Å². The second-order valence-electron chi connectivity index (χ2n) is 12.9. The molecule has 0 aromatic heterocycles. The Morgan fingerprint density at radius 1 is 1.02 bits per heavy atom. The first-order valence-corrected chi connectivity index (χ1v) is 17.5. The molecule has 4 rings (SSSR count). The number of benzene rings is 3. The van der Waals surface area contributed by atoms with E-state index in [1.807, 2.05) is 45.2 Å². The van der Waals surface area contributed by atoms with Crippen molar-refractivity contribution in [1.82, 2.24) is 9.80 Å². The minimum Gasteiger partial charge on any atom is -0.488 e. The minimum absolute atomic E-state index is 0.0536. The molecular weight excluding hydrogens is 665 g/mol. The van der Waals surface area contributed by atoms with E-state index < -0.39 is 0 Å². The molecule has 49 heavy (non-hydrogen) atoms. The smallest absolute Gasteiger partial charge is 0.227 e. The summed E-state index contributed by atoms with van der Waals surface area (Å²) in [6.07, 6.45) is 2.42. The third-order valence-electron chi connectivity index (χ3n) is 8.67. The molecule has 1 aliphatic rings. The Balaban J connectivity index is 1.37. The van der Waals surface area contributed by atoms with Gasteiger partial charge in [-0.15, -0.1) is 0 Å². The Morgan fingerprint density at radius 3 is 2.43 bits per heavy atom. The van der Waals surface area contributed by atoms with Crippen molar-refractivity contribution in [3.63, 3.8) is 0 Å². The van der Waals surface area contributed by atoms with Crippen LogP contribution in [0.5, 0.6) is 5.75 Å². The summed E-state index contributed by atoms with van der Waals surface area (Å²) in [7, 11) is 2.00. The van der Waals surface area contributed by atoms with Crippen LogP contribution in [0, 0.1) is 5.92 Å². The normalized spacial score (nSPS) is 17.0. The summed E-state index contributed by atoms with van der Waals surface area (Å²) in [6, 6.07) is 17.7. The number of aliphatic hydroxyl groups excluding tert-OH is 1. The van der Waals surface area contributed by atoms with Gasteiger partial charge >= 0.3 is 0 Å². The second-order valence-corrected chi connectivity index (χ2v) is 13.7. The molecule has 0 saturated carbocycles. The summed E-state index contributed by atoms with van der Waals surface area (Å²) in [5.74, 6) is 0.146. The zero-order valence-corrected chi connectivity index (χ0v) is 29.9. The zero-order valence-electron chi connectivity index (χ0n) is 28.4. The number of para-hydroxylation sites is 2. The van der Waals surface area contributed by atoms with Gasteiger partial charge in [-0.1, -0.05) is 54.7 Å². The van der Waals surface area contributed by atoms with Gasteiger partial charge in [-0.05, 0) is 74.8 Å². The number of nitrogens with zero attached hydrogens (tertiary/aromatic N) is 2. The molecule has 3 aromatic carbocycles. The first-order valence-electron chi connectivity index (χ1n) is 16.7. The minimum atomic E-state index is -0.364. The summed E-state index contributed by atoms with van der Waals surface area (Å²) in [6.45, 7) is 5.33. The number of aliphatic hydroxyl groups is 1. The molecule has 1 aliphatic heterocycles. The van der Waals surface area contributed by atoms with Gasteiger partial charge in [0.05, 0.1) is 40.5 Å². The average Bonchev–Trinajstić information content (AvgIpc) is 3.10. The highest BCUT2D eigenvalue weighted by molar-refractivity contribution is 6.42. The number of anilines is 3. The summed E-state index contributed by atoms with van der Waals surface area (Å²) < 4.78 is 6.62. The fourth-order valence-electron chi connectivity index (χ4n) is 5.84. The molecule has 0 spiro atoms. The number of rotatable bonds is 14. The van der Waals surface area contributed by atoms with Crippen molar-refractivity contribution in [2.45, 2.75) is 71.1 Å². The molecule has 1 heterocycles. The van der Waals surface area contributed by atoms with E-state index in [0.717, 1.165) is 12.0 Å². The Kier molecular flexibility index (Phi) is 14.1. The van der Waals surface area contributed by atoms with Crippen molar-refractivity contribution in [2.24, 2.45) is 5.92 Å². The number of hydrogen-bond acceptors (Lipinski definition) is 7. The van der Waals surface area contributed by atoms with Gasteiger partial charge in [-0.3, -0.25) is 19.3 Å². The predicted octanol–water partition coefficient (Wildman–Crippen LogP) is 6.38. The fraction of sp³-hybridized carbons (Fsp3) is 0.432. The van der Waals surface area contributed by atoms with Gasteiger partial charge in [-0.2, -0.15) is 0 Å². The van der Waals surface area contributed by atoms with Crippen LogP contribution in [-0.2, 0) is 27.3 Å². The highest BCUT2D eigenvalue weighted by Gasteiger charge is 2.31. The number of nitrogens with two attached hydrogens (primary N) is 1. The third-order valence-corrected chi connectivity index (χ3v) is 9.41. The Bertz CT molecular complexity index is 1610. The number of unbranched alkanes of at least 4 members (excludes halogenated alkanes) is 2. The molecule has 3 atom stereocenters. The molecule has 0 fully saturated rings. The van der Waals surface area contributed by atoms with Crippen molar-refractivity contribution >= 4 is 58.0 Å². The van der Waals surface area contributed by atoms with Crippen molar-refractivity contribution in [3.8, 4) is 5.75 Å². The van der Waals surface area contributed by atoms with Gasteiger partial charge in [0.15, 0.2) is 0 Å². The molecule has 0 radical (unpaired) electrons. The van der Waals surface area contributed by atoms with Crippen molar-refractivity contribution in [2.75, 3.05) is 43.1 Å². The first-order chi connectivity index (χ1) is 23.4. The maximum atomic E-state index is 13.6. The number of fused-ring (bicyclic) bond motifs is 1. The molecule has 0 unspecified atom stereocenters. The molecule has 3 amide bonds. The van der Waals surface area contributed by atoms with Gasteiger partial charge in [0.25, 0.3) is 0 Å². The number of hydrogen-bond donors (Lipinski definition) is 4. The summed E-state index contributed by atoms with van der Waals surface area (Å²) in [5, 5.41) is 16.7. The molecule has 264 valence electrons.